The van der Waals surface area contributed by atoms with E-state index >= 15 is 0 Å². The van der Waals surface area contributed by atoms with Gasteiger partial charge in [0.1, 0.15) is 0 Å². The number of amides is 1. The Balaban J connectivity index is 2.04. The Labute approximate surface area is 83.0 Å². The normalized spacial score (nSPS) is 40.3. The SMILES string of the molecule is CC1CSCC1N1CC(N)CC1=O. The number of likely N-dealkylation sites (tertiary alicyclic amines) is 1. The van der Waals surface area contributed by atoms with E-state index in [0.717, 1.165) is 12.3 Å². The molecule has 2 aliphatic heterocycles. The smallest absolute Gasteiger partial charge is 0.224 e. The van der Waals surface area contributed by atoms with Gasteiger partial charge in [-0.05, 0) is 11.7 Å². The van der Waals surface area contributed by atoms with Crippen LogP contribution in [0.25, 0.3) is 0 Å². The van der Waals surface area contributed by atoms with Crippen LogP contribution < -0.4 is 5.73 Å². The van der Waals surface area contributed by atoms with Crippen LogP contribution in [0.3, 0.4) is 0 Å². The molecule has 2 rings (SSSR count). The van der Waals surface area contributed by atoms with Crippen molar-refractivity contribution >= 4 is 17.7 Å². The lowest BCUT2D eigenvalue weighted by molar-refractivity contribution is -0.129. The van der Waals surface area contributed by atoms with E-state index in [2.05, 4.69) is 6.92 Å². The number of hydrogen-bond donors (Lipinski definition) is 1. The highest BCUT2D eigenvalue weighted by molar-refractivity contribution is 7.99. The van der Waals surface area contributed by atoms with Crippen molar-refractivity contribution in [3.8, 4) is 0 Å². The van der Waals surface area contributed by atoms with Crippen molar-refractivity contribution in [3.63, 3.8) is 0 Å². The van der Waals surface area contributed by atoms with Crippen LogP contribution in [-0.4, -0.2) is 40.9 Å². The minimum Gasteiger partial charge on any atom is -0.337 e. The Bertz CT molecular complexity index is 222. The molecule has 1 amide bonds. The Morgan fingerprint density at radius 2 is 2.31 bits per heavy atom. The molecule has 3 nitrogen and oxygen atoms in total. The molecule has 0 bridgehead atoms. The molecule has 2 aliphatic rings. The van der Waals surface area contributed by atoms with E-state index in [1.54, 1.807) is 0 Å². The zero-order valence-corrected chi connectivity index (χ0v) is 8.72. The standard InChI is InChI=1S/C9H16N2OS/c1-6-4-13-5-8(6)11-3-7(10)2-9(11)12/h6-8H,2-5,10H2,1H3. The average Bonchev–Trinajstić information content (AvgIpc) is 2.58. The molecule has 2 saturated heterocycles. The van der Waals surface area contributed by atoms with E-state index < -0.39 is 0 Å². The summed E-state index contributed by atoms with van der Waals surface area (Å²) in [6, 6.07) is 0.524. The van der Waals surface area contributed by atoms with Gasteiger partial charge in [-0.3, -0.25) is 4.79 Å². The molecular weight excluding hydrogens is 184 g/mol. The van der Waals surface area contributed by atoms with Crippen LogP contribution in [-0.2, 0) is 4.79 Å². The van der Waals surface area contributed by atoms with Crippen LogP contribution in [0.4, 0.5) is 0 Å². The van der Waals surface area contributed by atoms with Crippen molar-refractivity contribution in [3.05, 3.63) is 0 Å². The molecule has 3 atom stereocenters. The summed E-state index contributed by atoms with van der Waals surface area (Å²) in [6.45, 7) is 3.00. The average molecular weight is 200 g/mol. The molecule has 13 heavy (non-hydrogen) atoms. The van der Waals surface area contributed by atoms with Gasteiger partial charge in [0, 0.05) is 30.8 Å². The molecule has 0 radical (unpaired) electrons. The van der Waals surface area contributed by atoms with Gasteiger partial charge in [-0.15, -0.1) is 0 Å². The highest BCUT2D eigenvalue weighted by Gasteiger charge is 2.37. The lowest BCUT2D eigenvalue weighted by Crippen LogP contribution is -2.41. The molecule has 3 unspecified atom stereocenters. The van der Waals surface area contributed by atoms with Gasteiger partial charge in [-0.1, -0.05) is 6.92 Å². The maximum absolute atomic E-state index is 11.6. The first-order valence-electron chi connectivity index (χ1n) is 4.81. The number of rotatable bonds is 1. The molecule has 2 heterocycles. The molecule has 0 aliphatic carbocycles. The number of nitrogens with zero attached hydrogens (tertiary/aromatic N) is 1. The number of hydrogen-bond acceptors (Lipinski definition) is 3. The Kier molecular flexibility index (Phi) is 2.51. The molecule has 0 aromatic rings. The summed E-state index contributed by atoms with van der Waals surface area (Å²) in [5, 5.41) is 0. The van der Waals surface area contributed by atoms with E-state index in [9.17, 15) is 4.79 Å². The second-order valence-electron chi connectivity index (χ2n) is 4.09. The van der Waals surface area contributed by atoms with Crippen molar-refractivity contribution in [1.82, 2.24) is 4.90 Å². The predicted octanol–water partition coefficient (Wildman–Crippen LogP) is 0.298. The molecule has 74 valence electrons. The van der Waals surface area contributed by atoms with E-state index in [4.69, 9.17) is 5.73 Å². The number of thioether (sulfide) groups is 1. The fraction of sp³-hybridized carbons (Fsp3) is 0.889. The fourth-order valence-electron chi connectivity index (χ4n) is 2.13. The van der Waals surface area contributed by atoms with Crippen molar-refractivity contribution in [1.29, 1.82) is 0 Å². The number of nitrogens with two attached hydrogens (primary N) is 1. The van der Waals surface area contributed by atoms with Crippen molar-refractivity contribution in [2.24, 2.45) is 11.7 Å². The monoisotopic (exact) mass is 200 g/mol. The summed E-state index contributed by atoms with van der Waals surface area (Å²) in [5.74, 6) is 3.18. The van der Waals surface area contributed by atoms with Gasteiger partial charge in [-0.25, -0.2) is 0 Å². The number of carbonyl (C=O) groups is 1. The highest BCUT2D eigenvalue weighted by atomic mass is 32.2. The summed E-state index contributed by atoms with van der Waals surface area (Å²) < 4.78 is 0. The second kappa shape index (κ2) is 3.50. The molecule has 4 heteroatoms. The first-order valence-corrected chi connectivity index (χ1v) is 5.96. The van der Waals surface area contributed by atoms with Crippen LogP contribution in [0.2, 0.25) is 0 Å². The van der Waals surface area contributed by atoms with Crippen LogP contribution in [0, 0.1) is 5.92 Å². The van der Waals surface area contributed by atoms with Crippen molar-refractivity contribution in [2.75, 3.05) is 18.1 Å². The maximum Gasteiger partial charge on any atom is 0.224 e. The summed E-state index contributed by atoms with van der Waals surface area (Å²) in [5.41, 5.74) is 5.76. The van der Waals surface area contributed by atoms with Gasteiger partial charge >= 0.3 is 0 Å². The highest BCUT2D eigenvalue weighted by Crippen LogP contribution is 2.30. The van der Waals surface area contributed by atoms with Gasteiger partial charge in [0.2, 0.25) is 5.91 Å². The largest absolute Gasteiger partial charge is 0.337 e. The third-order valence-corrected chi connectivity index (χ3v) is 4.25. The van der Waals surface area contributed by atoms with E-state index in [1.165, 1.54) is 5.75 Å². The first kappa shape index (κ1) is 9.34. The van der Waals surface area contributed by atoms with Gasteiger partial charge in [0.25, 0.3) is 0 Å². The van der Waals surface area contributed by atoms with Crippen molar-refractivity contribution < 1.29 is 4.79 Å². The lowest BCUT2D eigenvalue weighted by Gasteiger charge is -2.26. The third-order valence-electron chi connectivity index (χ3n) is 2.91. The lowest BCUT2D eigenvalue weighted by atomic mass is 10.1. The van der Waals surface area contributed by atoms with Gasteiger partial charge in [0.05, 0.1) is 0 Å². The molecule has 0 saturated carbocycles. The first-order chi connectivity index (χ1) is 6.18. The Hall–Kier alpha value is -0.220. The van der Waals surface area contributed by atoms with Gasteiger partial charge < -0.3 is 10.6 Å². The summed E-state index contributed by atoms with van der Waals surface area (Å²) >= 11 is 1.95. The Morgan fingerprint density at radius 1 is 1.54 bits per heavy atom. The quantitative estimate of drug-likeness (QED) is 0.662. The van der Waals surface area contributed by atoms with Crippen LogP contribution in [0.1, 0.15) is 13.3 Å². The topological polar surface area (TPSA) is 46.3 Å². The fourth-order valence-corrected chi connectivity index (χ4v) is 3.61. The molecular formula is C9H16N2OS. The maximum atomic E-state index is 11.6. The van der Waals surface area contributed by atoms with Crippen LogP contribution in [0.5, 0.6) is 0 Å². The predicted molar refractivity (Wildman–Crippen MR) is 54.6 cm³/mol. The molecule has 0 aromatic carbocycles. The molecule has 2 fully saturated rings. The zero-order chi connectivity index (χ0) is 9.42. The van der Waals surface area contributed by atoms with Gasteiger partial charge in [-0.2, -0.15) is 11.8 Å². The summed E-state index contributed by atoms with van der Waals surface area (Å²) in [4.78, 5) is 13.5. The summed E-state index contributed by atoms with van der Waals surface area (Å²) in [7, 11) is 0. The molecule has 2 N–H and O–H groups in total. The molecule has 0 spiro atoms. The van der Waals surface area contributed by atoms with Gasteiger partial charge in [0.15, 0.2) is 0 Å². The van der Waals surface area contributed by atoms with E-state index in [1.807, 2.05) is 16.7 Å². The van der Waals surface area contributed by atoms with E-state index in [0.29, 0.717) is 18.4 Å². The van der Waals surface area contributed by atoms with Crippen molar-refractivity contribution in [2.45, 2.75) is 25.4 Å². The Morgan fingerprint density at radius 3 is 2.77 bits per heavy atom. The zero-order valence-electron chi connectivity index (χ0n) is 7.90. The minimum absolute atomic E-state index is 0.0744. The molecule has 0 aromatic heterocycles. The summed E-state index contributed by atoms with van der Waals surface area (Å²) in [6.07, 6.45) is 0.549. The van der Waals surface area contributed by atoms with Crippen LogP contribution in [0.15, 0.2) is 0 Å². The third kappa shape index (κ3) is 1.70. The second-order valence-corrected chi connectivity index (χ2v) is 5.17. The number of carbonyl (C=O) groups excluding carboxylic acids is 1. The minimum atomic E-state index is 0.0744. The van der Waals surface area contributed by atoms with E-state index in [-0.39, 0.29) is 11.9 Å². The van der Waals surface area contributed by atoms with Crippen LogP contribution >= 0.6 is 11.8 Å².